The summed E-state index contributed by atoms with van der Waals surface area (Å²) in [6.45, 7) is 3.00. The number of aryl methyl sites for hydroxylation is 1. The molecule has 0 aliphatic carbocycles. The van der Waals surface area contributed by atoms with Crippen LogP contribution in [0.5, 0.6) is 0 Å². The molecule has 1 fully saturated rings. The molecule has 0 aromatic heterocycles. The molecule has 0 spiro atoms. The highest BCUT2D eigenvalue weighted by molar-refractivity contribution is 6.10. The van der Waals surface area contributed by atoms with Crippen molar-refractivity contribution in [1.82, 2.24) is 4.90 Å². The molecular formula is C29H29N3O3. The maximum absolute atomic E-state index is 13.0. The Morgan fingerprint density at radius 3 is 2.31 bits per heavy atom. The predicted octanol–water partition coefficient (Wildman–Crippen LogP) is 5.14. The summed E-state index contributed by atoms with van der Waals surface area (Å²) in [7, 11) is 0. The first-order valence-corrected chi connectivity index (χ1v) is 11.8. The van der Waals surface area contributed by atoms with Crippen LogP contribution in [0.4, 0.5) is 11.4 Å². The van der Waals surface area contributed by atoms with Gasteiger partial charge in [0.05, 0.1) is 11.3 Å². The number of anilines is 2. The van der Waals surface area contributed by atoms with Crippen molar-refractivity contribution in [1.29, 1.82) is 0 Å². The molecule has 0 radical (unpaired) electrons. The summed E-state index contributed by atoms with van der Waals surface area (Å²) < 4.78 is 0. The van der Waals surface area contributed by atoms with Gasteiger partial charge < -0.3 is 15.5 Å². The van der Waals surface area contributed by atoms with Gasteiger partial charge in [-0.05, 0) is 61.2 Å². The van der Waals surface area contributed by atoms with Gasteiger partial charge in [0.25, 0.3) is 5.91 Å². The van der Waals surface area contributed by atoms with Crippen molar-refractivity contribution in [2.75, 3.05) is 23.7 Å². The van der Waals surface area contributed by atoms with Gasteiger partial charge in [-0.1, -0.05) is 54.6 Å². The first-order valence-electron chi connectivity index (χ1n) is 11.8. The van der Waals surface area contributed by atoms with Crippen LogP contribution in [0.3, 0.4) is 0 Å². The van der Waals surface area contributed by atoms with Crippen molar-refractivity contribution < 1.29 is 14.4 Å². The number of amides is 3. The molecule has 0 unspecified atom stereocenters. The van der Waals surface area contributed by atoms with Crippen molar-refractivity contribution in [3.8, 4) is 0 Å². The van der Waals surface area contributed by atoms with Gasteiger partial charge >= 0.3 is 0 Å². The van der Waals surface area contributed by atoms with E-state index < -0.39 is 0 Å². The van der Waals surface area contributed by atoms with Gasteiger partial charge in [-0.25, -0.2) is 0 Å². The average Bonchev–Trinajstić information content (AvgIpc) is 2.88. The molecule has 1 aliphatic rings. The van der Waals surface area contributed by atoms with Crippen molar-refractivity contribution in [3.05, 3.63) is 102 Å². The Labute approximate surface area is 205 Å². The van der Waals surface area contributed by atoms with Gasteiger partial charge in [0.2, 0.25) is 11.8 Å². The standard InChI is InChI=1S/C29H29N3O3/c1-21-8-7-11-24(20-21)30-29(35)25-12-5-6-13-26(25)31-28(34)23-16-18-32(19-17-23)27(33)15-14-22-9-3-2-4-10-22/h2-15,20,23H,16-19H2,1H3,(H,30,35)(H,31,34)/b15-14+. The smallest absolute Gasteiger partial charge is 0.257 e. The number of carbonyl (C=O) groups excluding carboxylic acids is 3. The summed E-state index contributed by atoms with van der Waals surface area (Å²) in [5.74, 6) is -0.680. The van der Waals surface area contributed by atoms with Gasteiger partial charge in [-0.2, -0.15) is 0 Å². The zero-order valence-electron chi connectivity index (χ0n) is 19.7. The number of piperidine rings is 1. The topological polar surface area (TPSA) is 78.5 Å². The predicted molar refractivity (Wildman–Crippen MR) is 139 cm³/mol. The summed E-state index contributed by atoms with van der Waals surface area (Å²) in [4.78, 5) is 40.1. The van der Waals surface area contributed by atoms with E-state index in [9.17, 15) is 14.4 Å². The molecule has 4 rings (SSSR count). The normalized spacial score (nSPS) is 14.0. The van der Waals surface area contributed by atoms with Crippen molar-refractivity contribution in [2.24, 2.45) is 5.92 Å². The monoisotopic (exact) mass is 467 g/mol. The Bertz CT molecular complexity index is 1230. The Hall–Kier alpha value is -4.19. The number of benzene rings is 3. The molecular weight excluding hydrogens is 438 g/mol. The molecule has 3 aromatic rings. The highest BCUT2D eigenvalue weighted by Crippen LogP contribution is 2.23. The fourth-order valence-corrected chi connectivity index (χ4v) is 4.15. The lowest BCUT2D eigenvalue weighted by Crippen LogP contribution is -2.40. The molecule has 35 heavy (non-hydrogen) atoms. The number of hydrogen-bond acceptors (Lipinski definition) is 3. The summed E-state index contributed by atoms with van der Waals surface area (Å²) in [5, 5.41) is 5.83. The number of carbonyl (C=O) groups is 3. The van der Waals surface area contributed by atoms with Gasteiger partial charge in [-0.3, -0.25) is 14.4 Å². The molecule has 1 heterocycles. The summed E-state index contributed by atoms with van der Waals surface area (Å²) in [6.07, 6.45) is 4.54. The van der Waals surface area contributed by atoms with E-state index in [1.807, 2.05) is 61.5 Å². The van der Waals surface area contributed by atoms with Crippen molar-refractivity contribution >= 4 is 35.2 Å². The third-order valence-corrected chi connectivity index (χ3v) is 6.10. The maximum atomic E-state index is 13.0. The zero-order chi connectivity index (χ0) is 24.6. The molecule has 178 valence electrons. The molecule has 1 aliphatic heterocycles. The molecule has 0 bridgehead atoms. The fourth-order valence-electron chi connectivity index (χ4n) is 4.15. The number of nitrogens with zero attached hydrogens (tertiary/aromatic N) is 1. The lowest BCUT2D eigenvalue weighted by atomic mass is 9.95. The Morgan fingerprint density at radius 1 is 0.857 bits per heavy atom. The molecule has 2 N–H and O–H groups in total. The molecule has 0 saturated carbocycles. The lowest BCUT2D eigenvalue weighted by Gasteiger charge is -2.30. The molecule has 6 heteroatoms. The highest BCUT2D eigenvalue weighted by Gasteiger charge is 2.27. The van der Waals surface area contributed by atoms with Crippen LogP contribution in [-0.2, 0) is 9.59 Å². The summed E-state index contributed by atoms with van der Waals surface area (Å²) in [6, 6.07) is 24.2. The van der Waals surface area contributed by atoms with Crippen molar-refractivity contribution in [3.63, 3.8) is 0 Å². The average molecular weight is 468 g/mol. The second kappa shape index (κ2) is 11.3. The van der Waals surface area contributed by atoms with E-state index in [-0.39, 0.29) is 23.6 Å². The molecule has 3 amide bonds. The van der Waals surface area contributed by atoms with E-state index >= 15 is 0 Å². The Morgan fingerprint density at radius 2 is 1.57 bits per heavy atom. The Balaban J connectivity index is 1.33. The van der Waals surface area contributed by atoms with Gasteiger partial charge in [0.15, 0.2) is 0 Å². The SMILES string of the molecule is Cc1cccc(NC(=O)c2ccccc2NC(=O)C2CCN(C(=O)/C=C/c3ccccc3)CC2)c1. The second-order valence-corrected chi connectivity index (χ2v) is 8.70. The molecule has 0 atom stereocenters. The Kier molecular flexibility index (Phi) is 7.73. The third kappa shape index (κ3) is 6.44. The van der Waals surface area contributed by atoms with E-state index in [2.05, 4.69) is 10.6 Å². The van der Waals surface area contributed by atoms with E-state index in [4.69, 9.17) is 0 Å². The quantitative estimate of drug-likeness (QED) is 0.493. The number of rotatable bonds is 6. The van der Waals surface area contributed by atoms with E-state index in [1.54, 1.807) is 41.3 Å². The van der Waals surface area contributed by atoms with Crippen LogP contribution in [0.2, 0.25) is 0 Å². The third-order valence-electron chi connectivity index (χ3n) is 6.10. The maximum Gasteiger partial charge on any atom is 0.257 e. The van der Waals surface area contributed by atoms with E-state index in [0.29, 0.717) is 42.9 Å². The van der Waals surface area contributed by atoms with Gasteiger partial charge in [-0.15, -0.1) is 0 Å². The summed E-state index contributed by atoms with van der Waals surface area (Å²) >= 11 is 0. The van der Waals surface area contributed by atoms with Gasteiger partial charge in [0.1, 0.15) is 0 Å². The minimum Gasteiger partial charge on any atom is -0.339 e. The minimum atomic E-state index is -0.280. The van der Waals surface area contributed by atoms with Gasteiger partial charge in [0, 0.05) is 30.8 Å². The number of para-hydroxylation sites is 1. The van der Waals surface area contributed by atoms with Crippen LogP contribution in [-0.4, -0.2) is 35.7 Å². The largest absolute Gasteiger partial charge is 0.339 e. The number of hydrogen-bond donors (Lipinski definition) is 2. The highest BCUT2D eigenvalue weighted by atomic mass is 16.2. The minimum absolute atomic E-state index is 0.0501. The fraction of sp³-hybridized carbons (Fsp3) is 0.207. The molecule has 1 saturated heterocycles. The van der Waals surface area contributed by atoms with Crippen LogP contribution in [0.25, 0.3) is 6.08 Å². The second-order valence-electron chi connectivity index (χ2n) is 8.70. The number of likely N-dealkylation sites (tertiary alicyclic amines) is 1. The van der Waals surface area contributed by atoms with Crippen LogP contribution < -0.4 is 10.6 Å². The first-order chi connectivity index (χ1) is 17.0. The van der Waals surface area contributed by atoms with Crippen molar-refractivity contribution in [2.45, 2.75) is 19.8 Å². The van der Waals surface area contributed by atoms with Crippen LogP contribution in [0.1, 0.15) is 34.3 Å². The van der Waals surface area contributed by atoms with E-state index in [1.165, 1.54) is 0 Å². The van der Waals surface area contributed by atoms with Crippen LogP contribution in [0.15, 0.2) is 84.9 Å². The zero-order valence-corrected chi connectivity index (χ0v) is 19.7. The van der Waals surface area contributed by atoms with Crippen LogP contribution >= 0.6 is 0 Å². The first kappa shape index (κ1) is 24.0. The molecule has 6 nitrogen and oxygen atoms in total. The van der Waals surface area contributed by atoms with Crippen LogP contribution in [0, 0.1) is 12.8 Å². The van der Waals surface area contributed by atoms with E-state index in [0.717, 1.165) is 11.1 Å². The lowest BCUT2D eigenvalue weighted by molar-refractivity contribution is -0.130. The number of nitrogens with one attached hydrogen (secondary N) is 2. The molecule has 3 aromatic carbocycles. The summed E-state index contributed by atoms with van der Waals surface area (Å²) in [5.41, 5.74) is 3.60.